The van der Waals surface area contributed by atoms with Crippen LogP contribution in [0.15, 0.2) is 24.3 Å². The zero-order chi connectivity index (χ0) is 17.7. The third-order valence-electron chi connectivity index (χ3n) is 3.44. The zero-order valence-electron chi connectivity index (χ0n) is 13.6. The van der Waals surface area contributed by atoms with Crippen LogP contribution in [0.2, 0.25) is 0 Å². The van der Waals surface area contributed by atoms with E-state index in [2.05, 4.69) is 15.0 Å². The number of benzene rings is 1. The fourth-order valence-corrected chi connectivity index (χ4v) is 2.68. The number of alkyl halides is 3. The molecule has 0 aromatic heterocycles. The molecule has 0 spiro atoms. The van der Waals surface area contributed by atoms with Crippen molar-refractivity contribution in [3.8, 4) is 0 Å². The van der Waals surface area contributed by atoms with Crippen LogP contribution in [0, 0.1) is 0 Å². The minimum atomic E-state index is -4.45. The highest BCUT2D eigenvalue weighted by Gasteiger charge is 2.28. The van der Waals surface area contributed by atoms with Crippen LogP contribution in [0.5, 0.6) is 0 Å². The highest BCUT2D eigenvalue weighted by Crippen LogP contribution is 2.28. The van der Waals surface area contributed by atoms with Gasteiger partial charge in [-0.1, -0.05) is 12.1 Å². The molecule has 8 heteroatoms. The van der Waals surface area contributed by atoms with E-state index >= 15 is 0 Å². The van der Waals surface area contributed by atoms with E-state index < -0.39 is 25.3 Å². The summed E-state index contributed by atoms with van der Waals surface area (Å²) in [4.78, 5) is 13.9. The van der Waals surface area contributed by atoms with E-state index in [1.165, 1.54) is 0 Å². The Morgan fingerprint density at radius 1 is 1.29 bits per heavy atom. The predicted octanol–water partition coefficient (Wildman–Crippen LogP) is 2.82. The predicted molar refractivity (Wildman–Crippen MR) is 84.2 cm³/mol. The van der Waals surface area contributed by atoms with Gasteiger partial charge < -0.3 is 19.7 Å². The molecule has 1 amide bonds. The van der Waals surface area contributed by atoms with E-state index in [0.29, 0.717) is 18.8 Å². The summed E-state index contributed by atoms with van der Waals surface area (Å²) in [6.45, 7) is 3.18. The number of carbonyl (C=O) groups excluding carboxylic acids is 1. The van der Waals surface area contributed by atoms with Gasteiger partial charge in [0.15, 0.2) is 0 Å². The van der Waals surface area contributed by atoms with Gasteiger partial charge in [-0.2, -0.15) is 13.2 Å². The molecule has 5 nitrogen and oxygen atoms in total. The molecule has 0 bridgehead atoms. The molecule has 0 radical (unpaired) electrons. The van der Waals surface area contributed by atoms with Gasteiger partial charge in [-0.25, -0.2) is 0 Å². The number of amides is 1. The van der Waals surface area contributed by atoms with Gasteiger partial charge in [0.2, 0.25) is 5.91 Å². The summed E-state index contributed by atoms with van der Waals surface area (Å²) in [5, 5.41) is 2.61. The summed E-state index contributed by atoms with van der Waals surface area (Å²) in [5.74, 6) is -0.624. The Morgan fingerprint density at radius 2 is 1.92 bits per heavy atom. The van der Waals surface area contributed by atoms with Gasteiger partial charge in [-0.15, -0.1) is 0 Å². The smallest absolute Gasteiger partial charge is 0.372 e. The van der Waals surface area contributed by atoms with Gasteiger partial charge in [0.05, 0.1) is 23.6 Å². The SMILES string of the molecule is CC1CN(c2ccccc2NC(=O)COCC(F)(F)F)CC(C)O1. The van der Waals surface area contributed by atoms with Crippen LogP contribution in [-0.2, 0) is 14.3 Å². The molecule has 1 aliphatic heterocycles. The third kappa shape index (κ3) is 5.68. The molecule has 1 N–H and O–H groups in total. The number of halogens is 3. The molecule has 1 saturated heterocycles. The number of anilines is 2. The number of nitrogens with one attached hydrogen (secondary N) is 1. The number of hydrogen-bond donors (Lipinski definition) is 1. The van der Waals surface area contributed by atoms with Crippen molar-refractivity contribution in [1.82, 2.24) is 0 Å². The molecular formula is C16H21F3N2O3. The summed E-state index contributed by atoms with van der Waals surface area (Å²) >= 11 is 0. The van der Waals surface area contributed by atoms with Crippen molar-refractivity contribution in [1.29, 1.82) is 0 Å². The molecule has 2 unspecified atom stereocenters. The Morgan fingerprint density at radius 3 is 2.54 bits per heavy atom. The first kappa shape index (κ1) is 18.5. The van der Waals surface area contributed by atoms with E-state index in [0.717, 1.165) is 5.69 Å². The van der Waals surface area contributed by atoms with Crippen molar-refractivity contribution in [2.75, 3.05) is 36.5 Å². The van der Waals surface area contributed by atoms with Gasteiger partial charge in [-0.3, -0.25) is 4.79 Å². The molecule has 1 fully saturated rings. The lowest BCUT2D eigenvalue weighted by Crippen LogP contribution is -2.45. The van der Waals surface area contributed by atoms with Crippen molar-refractivity contribution >= 4 is 17.3 Å². The lowest BCUT2D eigenvalue weighted by Gasteiger charge is -2.37. The van der Waals surface area contributed by atoms with Gasteiger partial charge >= 0.3 is 6.18 Å². The van der Waals surface area contributed by atoms with Crippen LogP contribution in [0.1, 0.15) is 13.8 Å². The van der Waals surface area contributed by atoms with E-state index in [4.69, 9.17) is 4.74 Å². The summed E-state index contributed by atoms with van der Waals surface area (Å²) < 4.78 is 46.2. The fraction of sp³-hybridized carbons (Fsp3) is 0.562. The molecule has 1 aromatic carbocycles. The van der Waals surface area contributed by atoms with E-state index in [9.17, 15) is 18.0 Å². The summed E-state index contributed by atoms with van der Waals surface area (Å²) in [7, 11) is 0. The third-order valence-corrected chi connectivity index (χ3v) is 3.44. The van der Waals surface area contributed by atoms with Gasteiger partial charge in [0.1, 0.15) is 13.2 Å². The van der Waals surface area contributed by atoms with Crippen molar-refractivity contribution < 1.29 is 27.4 Å². The Labute approximate surface area is 138 Å². The van der Waals surface area contributed by atoms with Crippen LogP contribution >= 0.6 is 0 Å². The van der Waals surface area contributed by atoms with Crippen LogP contribution in [0.3, 0.4) is 0 Å². The Kier molecular flexibility index (Phi) is 6.06. The molecule has 0 saturated carbocycles. The number of morpholine rings is 1. The molecular weight excluding hydrogens is 325 g/mol. The fourth-order valence-electron chi connectivity index (χ4n) is 2.68. The quantitative estimate of drug-likeness (QED) is 0.891. The topological polar surface area (TPSA) is 50.8 Å². The second kappa shape index (κ2) is 7.85. The largest absolute Gasteiger partial charge is 0.411 e. The summed E-state index contributed by atoms with van der Waals surface area (Å²) in [5.41, 5.74) is 1.35. The van der Waals surface area contributed by atoms with Crippen LogP contribution in [0.4, 0.5) is 24.5 Å². The minimum Gasteiger partial charge on any atom is -0.372 e. The molecule has 2 rings (SSSR count). The molecule has 1 aliphatic rings. The van der Waals surface area contributed by atoms with Crippen molar-refractivity contribution in [2.24, 2.45) is 0 Å². The van der Waals surface area contributed by atoms with Crippen molar-refractivity contribution in [3.63, 3.8) is 0 Å². The number of carbonyl (C=O) groups is 1. The van der Waals surface area contributed by atoms with Crippen LogP contribution < -0.4 is 10.2 Å². The number of hydrogen-bond acceptors (Lipinski definition) is 4. The first-order valence-corrected chi connectivity index (χ1v) is 7.68. The van der Waals surface area contributed by atoms with Crippen molar-refractivity contribution in [2.45, 2.75) is 32.2 Å². The first-order chi connectivity index (χ1) is 11.2. The average Bonchev–Trinajstić information content (AvgIpc) is 2.45. The first-order valence-electron chi connectivity index (χ1n) is 7.68. The Balaban J connectivity index is 1.99. The second-order valence-corrected chi connectivity index (χ2v) is 5.84. The zero-order valence-corrected chi connectivity index (χ0v) is 13.6. The van der Waals surface area contributed by atoms with Gasteiger partial charge in [-0.05, 0) is 26.0 Å². The van der Waals surface area contributed by atoms with E-state index in [1.807, 2.05) is 26.0 Å². The second-order valence-electron chi connectivity index (χ2n) is 5.84. The maximum Gasteiger partial charge on any atom is 0.411 e. The monoisotopic (exact) mass is 346 g/mol. The number of rotatable bonds is 5. The van der Waals surface area contributed by atoms with Crippen molar-refractivity contribution in [3.05, 3.63) is 24.3 Å². The van der Waals surface area contributed by atoms with Crippen LogP contribution in [0.25, 0.3) is 0 Å². The molecule has 2 atom stereocenters. The molecule has 1 heterocycles. The molecule has 0 aliphatic carbocycles. The van der Waals surface area contributed by atoms with Crippen LogP contribution in [-0.4, -0.2) is 50.6 Å². The Bertz CT molecular complexity index is 556. The number of nitrogens with zero attached hydrogens (tertiary/aromatic N) is 1. The normalized spacial score (nSPS) is 21.6. The minimum absolute atomic E-state index is 0.0487. The maximum atomic E-state index is 12.0. The lowest BCUT2D eigenvalue weighted by atomic mass is 10.1. The van der Waals surface area contributed by atoms with Gasteiger partial charge in [0.25, 0.3) is 0 Å². The number of para-hydroxylation sites is 2. The summed E-state index contributed by atoms with van der Waals surface area (Å²) in [6.07, 6.45) is -4.35. The molecule has 1 aromatic rings. The Hall–Kier alpha value is -1.80. The average molecular weight is 346 g/mol. The van der Waals surface area contributed by atoms with Gasteiger partial charge in [0, 0.05) is 13.1 Å². The number of ether oxygens (including phenoxy) is 2. The molecule has 134 valence electrons. The highest BCUT2D eigenvalue weighted by molar-refractivity contribution is 5.95. The summed E-state index contributed by atoms with van der Waals surface area (Å²) in [6, 6.07) is 7.16. The van der Waals surface area contributed by atoms with E-state index in [-0.39, 0.29) is 12.2 Å². The standard InChI is InChI=1S/C16H21F3N2O3/c1-11-7-21(8-12(2)24-11)14-6-4-3-5-13(14)20-15(22)9-23-10-16(17,18)19/h3-6,11-12H,7-10H2,1-2H3,(H,20,22). The lowest BCUT2D eigenvalue weighted by molar-refractivity contribution is -0.174. The van der Waals surface area contributed by atoms with E-state index in [1.54, 1.807) is 12.1 Å². The molecule has 24 heavy (non-hydrogen) atoms. The maximum absolute atomic E-state index is 12.0. The highest BCUT2D eigenvalue weighted by atomic mass is 19.4.